The molecule has 2 rings (SSSR count). The van der Waals surface area contributed by atoms with Gasteiger partial charge in [-0.1, -0.05) is 6.08 Å². The zero-order chi connectivity index (χ0) is 53.2. The molecule has 2 unspecified atom stereocenters. The lowest BCUT2D eigenvalue weighted by Gasteiger charge is -2.39. The third kappa shape index (κ3) is 12.2. The highest BCUT2D eigenvalue weighted by Crippen LogP contribution is 2.58. The molecule has 67 heavy (non-hydrogen) atoms. The summed E-state index contributed by atoms with van der Waals surface area (Å²) in [4.78, 5) is 0. The van der Waals surface area contributed by atoms with E-state index in [0.717, 1.165) is 13.8 Å². The highest BCUT2D eigenvalue weighted by molar-refractivity contribution is 5.44. The van der Waals surface area contributed by atoms with Crippen molar-refractivity contribution in [2.75, 3.05) is 19.8 Å². The second-order valence-corrected chi connectivity index (χ2v) is 13.2. The molecule has 0 radical (unpaired) electrons. The molecule has 3 N–H and O–H groups in total. The molecule has 0 aliphatic heterocycles. The van der Waals surface area contributed by atoms with E-state index in [1.807, 2.05) is 0 Å². The number of benzene rings is 2. The Hall–Kier alpha value is -4.14. The van der Waals surface area contributed by atoms with Gasteiger partial charge in [0.1, 0.15) is 11.5 Å². The summed E-state index contributed by atoms with van der Waals surface area (Å²) >= 11 is 0. The Kier molecular flexibility index (Phi) is 18.2. The van der Waals surface area contributed by atoms with Gasteiger partial charge >= 0.3 is 49.4 Å². The quantitative estimate of drug-likeness (QED) is 0.0920. The van der Waals surface area contributed by atoms with Crippen LogP contribution in [0.5, 0.6) is 11.5 Å². The molecule has 32 heteroatoms. The van der Waals surface area contributed by atoms with Crippen LogP contribution >= 0.6 is 0 Å². The van der Waals surface area contributed by atoms with Crippen molar-refractivity contribution in [2.24, 2.45) is 0 Å². The van der Waals surface area contributed by atoms with Crippen molar-refractivity contribution in [3.05, 3.63) is 71.3 Å². The first kappa shape index (κ1) is 60.9. The molecule has 0 saturated carbocycles. The van der Waals surface area contributed by atoms with Gasteiger partial charge in [-0.05, 0) is 64.1 Å². The van der Waals surface area contributed by atoms with Crippen molar-refractivity contribution in [1.82, 2.24) is 0 Å². The summed E-state index contributed by atoms with van der Waals surface area (Å²) in [7, 11) is 0. The van der Waals surface area contributed by atoms with Crippen molar-refractivity contribution < 1.29 is 144 Å². The van der Waals surface area contributed by atoms with E-state index < -0.39 is 137 Å². The van der Waals surface area contributed by atoms with Crippen LogP contribution in [0.4, 0.5) is 105 Å². The number of halogens is 24. The van der Waals surface area contributed by atoms with E-state index in [-0.39, 0.29) is 37.5 Å². The predicted octanol–water partition coefficient (Wildman–Crippen LogP) is 11.4. The lowest BCUT2D eigenvalue weighted by atomic mass is 9.85. The third-order valence-electron chi connectivity index (χ3n) is 8.56. The number of aliphatic hydroxyl groups is 3. The topological polar surface area (TPSA) is 107 Å². The summed E-state index contributed by atoms with van der Waals surface area (Å²) in [5.41, 5.74) is -32.9. The number of hydrogen-bond acceptors (Lipinski definition) is 8. The monoisotopic (exact) mass is 1040 g/mol. The summed E-state index contributed by atoms with van der Waals surface area (Å²) in [6.07, 6.45) is -55.5. The number of ether oxygens (including phenoxy) is 5. The van der Waals surface area contributed by atoms with Crippen LogP contribution in [0.1, 0.15) is 49.9 Å². The minimum atomic E-state index is -6.65. The predicted molar refractivity (Wildman–Crippen MR) is 174 cm³/mol. The van der Waals surface area contributed by atoms with Gasteiger partial charge in [0.25, 0.3) is 22.4 Å². The first-order valence-electron chi connectivity index (χ1n) is 17.5. The smallest absolute Gasteiger partial charge is 0.430 e. The first-order valence-corrected chi connectivity index (χ1v) is 17.5. The van der Waals surface area contributed by atoms with Gasteiger partial charge in [0.15, 0.2) is 12.6 Å². The zero-order valence-electron chi connectivity index (χ0n) is 33.5. The highest BCUT2D eigenvalue weighted by atomic mass is 19.4. The van der Waals surface area contributed by atoms with E-state index in [0.29, 0.717) is 6.08 Å². The Balaban J connectivity index is 0.000000673. The highest BCUT2D eigenvalue weighted by Gasteiger charge is 2.76. The van der Waals surface area contributed by atoms with E-state index in [2.05, 4.69) is 16.1 Å². The first-order chi connectivity index (χ1) is 29.6. The maximum Gasteiger partial charge on any atom is 0.430 e. The molecule has 2 aromatic rings. The average Bonchev–Trinajstić information content (AvgIpc) is 3.10. The third-order valence-corrected chi connectivity index (χ3v) is 8.56. The van der Waals surface area contributed by atoms with Crippen LogP contribution < -0.4 is 9.47 Å². The van der Waals surface area contributed by atoms with Crippen LogP contribution in [-0.2, 0) is 36.6 Å². The Morgan fingerprint density at radius 3 is 0.881 bits per heavy atom. The van der Waals surface area contributed by atoms with Gasteiger partial charge in [-0.15, -0.1) is 6.58 Å². The maximum atomic E-state index is 13.8. The van der Waals surface area contributed by atoms with Crippen LogP contribution in [0.25, 0.3) is 0 Å². The molecule has 0 bridgehead atoms. The van der Waals surface area contributed by atoms with Crippen LogP contribution in [0, 0.1) is 0 Å². The molecular weight excluding hydrogens is 1000 g/mol. The summed E-state index contributed by atoms with van der Waals surface area (Å²) < 4.78 is 344. The largest absolute Gasteiger partial charge is 0.465 e. The molecule has 0 saturated heterocycles. The number of rotatable bonds is 15. The van der Waals surface area contributed by atoms with Gasteiger partial charge in [0, 0.05) is 35.5 Å². The molecule has 8 nitrogen and oxygen atoms in total. The Morgan fingerprint density at radius 1 is 0.433 bits per heavy atom. The normalized spacial score (nSPS) is 15.4. The van der Waals surface area contributed by atoms with Crippen molar-refractivity contribution in [2.45, 2.75) is 112 Å². The summed E-state index contributed by atoms with van der Waals surface area (Å²) in [6, 6.07) is -2.51. The molecule has 0 aliphatic rings. The van der Waals surface area contributed by atoms with Gasteiger partial charge < -0.3 is 39.0 Å². The summed E-state index contributed by atoms with van der Waals surface area (Å²) in [6.45, 7) is 5.72. The fraction of sp³-hybridized carbons (Fsp3) is 0.600. The van der Waals surface area contributed by atoms with E-state index in [4.69, 9.17) is 14.2 Å². The van der Waals surface area contributed by atoms with Crippen molar-refractivity contribution >= 4 is 0 Å². The molecule has 0 spiro atoms. The van der Waals surface area contributed by atoms with E-state index >= 15 is 0 Å². The molecular formula is C35H32F24O8. The van der Waals surface area contributed by atoms with Crippen LogP contribution in [0.15, 0.2) is 49.1 Å². The Morgan fingerprint density at radius 2 is 0.672 bits per heavy atom. The summed E-state index contributed by atoms with van der Waals surface area (Å²) in [5, 5.41) is 28.5. The number of alkyl halides is 24. The van der Waals surface area contributed by atoms with Gasteiger partial charge in [-0.3, -0.25) is 0 Å². The van der Waals surface area contributed by atoms with Crippen LogP contribution in [0.3, 0.4) is 0 Å². The molecule has 0 fully saturated rings. The lowest BCUT2D eigenvalue weighted by molar-refractivity contribution is -0.387. The Bertz CT molecular complexity index is 1830. The molecule has 0 heterocycles. The number of hydrogen-bond donors (Lipinski definition) is 3. The minimum Gasteiger partial charge on any atom is -0.465 e. The van der Waals surface area contributed by atoms with Gasteiger partial charge in [0.05, 0.1) is 6.61 Å². The molecule has 0 aromatic heterocycles. The fourth-order valence-electron chi connectivity index (χ4n) is 5.47. The summed E-state index contributed by atoms with van der Waals surface area (Å²) in [5.74, 6) is -2.76. The lowest BCUT2D eigenvalue weighted by Crippen LogP contribution is -2.57. The fourth-order valence-corrected chi connectivity index (χ4v) is 5.47. The minimum absolute atomic E-state index is 0.115. The van der Waals surface area contributed by atoms with E-state index in [9.17, 15) is 121 Å². The molecule has 2 atom stereocenters. The SMILES string of the molecule is C=CCOC(c1cc(OC(C)OCC)cc(C(O)(C(F)(F)F)C(F)(F)F)c1)(C(F)(F)F)C(F)(F)F.CCOC(C)Oc1cc(C(O)(C(F)(F)F)C(F)(F)F)cc(C(O)(C(F)(F)F)C(F)(F)F)c1. The Labute approximate surface area is 359 Å². The maximum absolute atomic E-state index is 13.8. The molecule has 0 aliphatic carbocycles. The van der Waals surface area contributed by atoms with Crippen molar-refractivity contribution in [3.63, 3.8) is 0 Å². The average molecular weight is 1040 g/mol. The van der Waals surface area contributed by atoms with E-state index in [1.165, 1.54) is 13.8 Å². The van der Waals surface area contributed by atoms with Crippen molar-refractivity contribution in [3.8, 4) is 11.5 Å². The molecule has 0 amide bonds. The van der Waals surface area contributed by atoms with E-state index in [1.54, 1.807) is 0 Å². The van der Waals surface area contributed by atoms with Crippen LogP contribution in [0.2, 0.25) is 0 Å². The standard InChI is InChI=1S/C19H18F12O4.C16H14F12O4/c1-4-6-34-15(18(26,27)28,19(29,30)31)12-7-11(8-13(9-12)35-10(3)33-5-2)14(32,16(20,21)22)17(23,24)25;1-3-31-7(2)32-10-5-8(11(29,13(17,18)19)14(20,21)22)4-9(6-10)12(30,15(23,24)25)16(26,27)28/h4,7-10,32H,1,5-6H2,2-3H3;4-7,29-30H,3H2,1-2H3. The molecule has 2 aromatic carbocycles. The van der Waals surface area contributed by atoms with Gasteiger partial charge in [0.2, 0.25) is 0 Å². The van der Waals surface area contributed by atoms with Gasteiger partial charge in [-0.25, -0.2) is 0 Å². The van der Waals surface area contributed by atoms with Crippen molar-refractivity contribution in [1.29, 1.82) is 0 Å². The second-order valence-electron chi connectivity index (χ2n) is 13.2. The van der Waals surface area contributed by atoms with Crippen LogP contribution in [-0.4, -0.2) is 97.1 Å². The zero-order valence-corrected chi connectivity index (χ0v) is 33.5. The second kappa shape index (κ2) is 20.1. The molecule has 388 valence electrons. The van der Waals surface area contributed by atoms with Gasteiger partial charge in [-0.2, -0.15) is 105 Å².